The van der Waals surface area contributed by atoms with Gasteiger partial charge in [0.15, 0.2) is 5.78 Å². The summed E-state index contributed by atoms with van der Waals surface area (Å²) in [4.78, 5) is 11.6. The van der Waals surface area contributed by atoms with Gasteiger partial charge in [-0.15, -0.1) is 6.58 Å². The van der Waals surface area contributed by atoms with E-state index in [1.807, 2.05) is 0 Å². The van der Waals surface area contributed by atoms with Gasteiger partial charge >= 0.3 is 6.18 Å². The largest absolute Gasteiger partial charge is 0.416 e. The second-order valence-corrected chi connectivity index (χ2v) is 3.62. The zero-order valence-corrected chi connectivity index (χ0v) is 9.67. The number of hydrogen-bond donors (Lipinski definition) is 0. The minimum atomic E-state index is -4.43. The Kier molecular flexibility index (Phi) is 5.09. The van der Waals surface area contributed by atoms with Gasteiger partial charge in [0.25, 0.3) is 0 Å². The van der Waals surface area contributed by atoms with E-state index < -0.39 is 11.7 Å². The SMILES string of the molecule is C=CCOCCC(=O)c1cccc(C(F)(F)F)c1. The van der Waals surface area contributed by atoms with Crippen molar-refractivity contribution in [3.63, 3.8) is 0 Å². The molecule has 0 amide bonds. The number of carbonyl (C=O) groups excluding carboxylic acids is 1. The van der Waals surface area contributed by atoms with Crippen LogP contribution >= 0.6 is 0 Å². The molecule has 0 aliphatic rings. The molecule has 0 aromatic heterocycles. The Morgan fingerprint density at radius 1 is 1.39 bits per heavy atom. The number of benzene rings is 1. The minimum Gasteiger partial charge on any atom is -0.377 e. The van der Waals surface area contributed by atoms with Gasteiger partial charge in [-0.05, 0) is 12.1 Å². The lowest BCUT2D eigenvalue weighted by Crippen LogP contribution is -2.09. The summed E-state index contributed by atoms with van der Waals surface area (Å²) in [5, 5.41) is 0. The lowest BCUT2D eigenvalue weighted by atomic mass is 10.1. The van der Waals surface area contributed by atoms with Crippen LogP contribution in [0.5, 0.6) is 0 Å². The van der Waals surface area contributed by atoms with Crippen molar-refractivity contribution < 1.29 is 22.7 Å². The molecular formula is C13H13F3O2. The van der Waals surface area contributed by atoms with Gasteiger partial charge in [-0.1, -0.05) is 18.2 Å². The molecule has 0 N–H and O–H groups in total. The molecule has 1 aromatic rings. The summed E-state index contributed by atoms with van der Waals surface area (Å²) in [7, 11) is 0. The molecule has 0 radical (unpaired) electrons. The zero-order valence-electron chi connectivity index (χ0n) is 9.67. The molecule has 0 bridgehead atoms. The quantitative estimate of drug-likeness (QED) is 0.443. The lowest BCUT2D eigenvalue weighted by molar-refractivity contribution is -0.137. The molecule has 0 spiro atoms. The van der Waals surface area contributed by atoms with Crippen molar-refractivity contribution in [2.24, 2.45) is 0 Å². The van der Waals surface area contributed by atoms with Gasteiger partial charge in [0.1, 0.15) is 0 Å². The highest BCUT2D eigenvalue weighted by molar-refractivity contribution is 5.96. The van der Waals surface area contributed by atoms with Crippen molar-refractivity contribution >= 4 is 5.78 Å². The Bertz CT molecular complexity index is 424. The fraction of sp³-hybridized carbons (Fsp3) is 0.308. The number of hydrogen-bond acceptors (Lipinski definition) is 2. The lowest BCUT2D eigenvalue weighted by Gasteiger charge is -2.08. The monoisotopic (exact) mass is 258 g/mol. The highest BCUT2D eigenvalue weighted by atomic mass is 19.4. The molecule has 1 rings (SSSR count). The highest BCUT2D eigenvalue weighted by Gasteiger charge is 2.30. The van der Waals surface area contributed by atoms with E-state index in [0.717, 1.165) is 12.1 Å². The van der Waals surface area contributed by atoms with E-state index in [1.165, 1.54) is 18.2 Å². The summed E-state index contributed by atoms with van der Waals surface area (Å²) >= 11 is 0. The Morgan fingerprint density at radius 3 is 2.72 bits per heavy atom. The van der Waals surface area contributed by atoms with Crippen LogP contribution in [0.15, 0.2) is 36.9 Å². The van der Waals surface area contributed by atoms with Gasteiger partial charge in [0.2, 0.25) is 0 Å². The molecule has 98 valence electrons. The number of ether oxygens (including phenoxy) is 1. The first-order chi connectivity index (χ1) is 8.45. The molecule has 0 fully saturated rings. The van der Waals surface area contributed by atoms with Crippen molar-refractivity contribution in [2.75, 3.05) is 13.2 Å². The number of alkyl halides is 3. The Balaban J connectivity index is 2.66. The number of Topliss-reactive ketones (excluding diaryl/α,β-unsaturated/α-hetero) is 1. The molecule has 1 aromatic carbocycles. The van der Waals surface area contributed by atoms with Crippen molar-refractivity contribution in [3.05, 3.63) is 48.0 Å². The van der Waals surface area contributed by atoms with E-state index in [4.69, 9.17) is 4.74 Å². The first-order valence-corrected chi connectivity index (χ1v) is 5.34. The number of halogens is 3. The molecule has 2 nitrogen and oxygen atoms in total. The van der Waals surface area contributed by atoms with E-state index in [1.54, 1.807) is 0 Å². The van der Waals surface area contributed by atoms with Crippen LogP contribution in [-0.4, -0.2) is 19.0 Å². The van der Waals surface area contributed by atoms with Gasteiger partial charge in [0, 0.05) is 12.0 Å². The number of ketones is 1. The third kappa shape index (κ3) is 4.33. The van der Waals surface area contributed by atoms with Crippen molar-refractivity contribution in [3.8, 4) is 0 Å². The predicted octanol–water partition coefficient (Wildman–Crippen LogP) is 3.48. The van der Waals surface area contributed by atoms with Gasteiger partial charge < -0.3 is 4.74 Å². The average molecular weight is 258 g/mol. The van der Waals surface area contributed by atoms with Gasteiger partial charge in [0.05, 0.1) is 18.8 Å². The van der Waals surface area contributed by atoms with Crippen LogP contribution in [0, 0.1) is 0 Å². The topological polar surface area (TPSA) is 26.3 Å². The molecular weight excluding hydrogens is 245 g/mol. The van der Waals surface area contributed by atoms with Gasteiger partial charge in [-0.3, -0.25) is 4.79 Å². The van der Waals surface area contributed by atoms with Crippen molar-refractivity contribution in [1.82, 2.24) is 0 Å². The van der Waals surface area contributed by atoms with E-state index in [2.05, 4.69) is 6.58 Å². The summed E-state index contributed by atoms with van der Waals surface area (Å²) < 4.78 is 42.3. The molecule has 0 saturated carbocycles. The van der Waals surface area contributed by atoms with Gasteiger partial charge in [-0.25, -0.2) is 0 Å². The molecule has 0 heterocycles. The summed E-state index contributed by atoms with van der Waals surface area (Å²) in [5.41, 5.74) is -0.771. The molecule has 5 heteroatoms. The second kappa shape index (κ2) is 6.35. The van der Waals surface area contributed by atoms with E-state index in [-0.39, 0.29) is 24.4 Å². The van der Waals surface area contributed by atoms with Crippen LogP contribution in [0.4, 0.5) is 13.2 Å². The summed E-state index contributed by atoms with van der Waals surface area (Å²) in [5.74, 6) is -0.370. The second-order valence-electron chi connectivity index (χ2n) is 3.62. The molecule has 0 saturated heterocycles. The standard InChI is InChI=1S/C13H13F3O2/c1-2-7-18-8-6-12(17)10-4-3-5-11(9-10)13(14,15)16/h2-5,9H,1,6-8H2. The zero-order chi connectivity index (χ0) is 13.6. The minimum absolute atomic E-state index is 0.0482. The Hall–Kier alpha value is -1.62. The maximum absolute atomic E-state index is 12.4. The van der Waals surface area contributed by atoms with Crippen LogP contribution in [0.1, 0.15) is 22.3 Å². The fourth-order valence-corrected chi connectivity index (χ4v) is 1.34. The molecule has 0 unspecified atom stereocenters. The molecule has 0 atom stereocenters. The fourth-order valence-electron chi connectivity index (χ4n) is 1.34. The normalized spacial score (nSPS) is 11.3. The third-order valence-corrected chi connectivity index (χ3v) is 2.22. The van der Waals surface area contributed by atoms with Gasteiger partial charge in [-0.2, -0.15) is 13.2 Å². The summed E-state index contributed by atoms with van der Waals surface area (Å²) in [6.45, 7) is 3.92. The molecule has 18 heavy (non-hydrogen) atoms. The summed E-state index contributed by atoms with van der Waals surface area (Å²) in [6.07, 6.45) is -2.85. The number of rotatable bonds is 6. The van der Waals surface area contributed by atoms with Crippen molar-refractivity contribution in [1.29, 1.82) is 0 Å². The maximum atomic E-state index is 12.4. The van der Waals surface area contributed by atoms with Crippen LogP contribution < -0.4 is 0 Å². The maximum Gasteiger partial charge on any atom is 0.416 e. The van der Waals surface area contributed by atoms with E-state index in [9.17, 15) is 18.0 Å². The third-order valence-electron chi connectivity index (χ3n) is 2.22. The molecule has 0 aliphatic carbocycles. The van der Waals surface area contributed by atoms with Crippen LogP contribution in [0.25, 0.3) is 0 Å². The van der Waals surface area contributed by atoms with E-state index in [0.29, 0.717) is 6.61 Å². The predicted molar refractivity (Wildman–Crippen MR) is 61.4 cm³/mol. The Labute approximate surface area is 103 Å². The smallest absolute Gasteiger partial charge is 0.377 e. The summed E-state index contributed by atoms with van der Waals surface area (Å²) in [6, 6.07) is 4.38. The van der Waals surface area contributed by atoms with Crippen molar-refractivity contribution in [2.45, 2.75) is 12.6 Å². The van der Waals surface area contributed by atoms with Crippen LogP contribution in [-0.2, 0) is 10.9 Å². The highest BCUT2D eigenvalue weighted by Crippen LogP contribution is 2.29. The van der Waals surface area contributed by atoms with Crippen LogP contribution in [0.2, 0.25) is 0 Å². The first kappa shape index (κ1) is 14.4. The average Bonchev–Trinajstić information content (AvgIpc) is 2.33. The number of carbonyl (C=O) groups is 1. The molecule has 0 aliphatic heterocycles. The first-order valence-electron chi connectivity index (χ1n) is 5.34. The Morgan fingerprint density at radius 2 is 2.11 bits per heavy atom. The van der Waals surface area contributed by atoms with E-state index >= 15 is 0 Å². The van der Waals surface area contributed by atoms with Crippen LogP contribution in [0.3, 0.4) is 0 Å².